The maximum atomic E-state index is 12.8. The molecule has 0 saturated carbocycles. The van der Waals surface area contributed by atoms with Crippen molar-refractivity contribution in [3.63, 3.8) is 0 Å². The number of carbonyl (C=O) groups is 2. The third-order valence-corrected chi connectivity index (χ3v) is 4.42. The summed E-state index contributed by atoms with van der Waals surface area (Å²) in [7, 11) is 1.28. The number of hydrogen-bond acceptors (Lipinski definition) is 6. The van der Waals surface area contributed by atoms with E-state index in [1.165, 1.54) is 7.11 Å². The Hall–Kier alpha value is -2.96. The average Bonchev–Trinajstić information content (AvgIpc) is 3.24. The normalized spacial score (nSPS) is 19.0. The Bertz CT molecular complexity index is 833. The maximum Gasteiger partial charge on any atom is 0.355 e. The van der Waals surface area contributed by atoms with Gasteiger partial charge in [0, 0.05) is 11.9 Å². The summed E-state index contributed by atoms with van der Waals surface area (Å²) in [5.41, 5.74) is 5.72. The number of aromatic nitrogens is 1. The summed E-state index contributed by atoms with van der Waals surface area (Å²) >= 11 is 0. The molecule has 4 rings (SSSR count). The van der Waals surface area contributed by atoms with Crippen molar-refractivity contribution >= 4 is 28.5 Å². The SMILES string of the molecule is COC(=O)C1=NNC[C@H]1C(=O)N1Cc2cc3ccccc3nc2C1. The molecule has 0 spiro atoms. The van der Waals surface area contributed by atoms with Crippen molar-refractivity contribution in [1.82, 2.24) is 15.3 Å². The van der Waals surface area contributed by atoms with Gasteiger partial charge in [-0.1, -0.05) is 18.2 Å². The quantitative estimate of drug-likeness (QED) is 0.827. The van der Waals surface area contributed by atoms with Gasteiger partial charge < -0.3 is 15.1 Å². The number of nitrogens with one attached hydrogen (secondary N) is 1. The Labute approximate surface area is 138 Å². The van der Waals surface area contributed by atoms with Crippen molar-refractivity contribution in [2.24, 2.45) is 11.0 Å². The number of para-hydroxylation sites is 1. The van der Waals surface area contributed by atoms with E-state index in [4.69, 9.17) is 4.74 Å². The van der Waals surface area contributed by atoms with E-state index in [9.17, 15) is 9.59 Å². The number of ether oxygens (including phenoxy) is 1. The zero-order valence-corrected chi connectivity index (χ0v) is 13.2. The van der Waals surface area contributed by atoms with Gasteiger partial charge in [0.25, 0.3) is 0 Å². The van der Waals surface area contributed by atoms with Gasteiger partial charge in [-0.25, -0.2) is 4.79 Å². The highest BCUT2D eigenvalue weighted by atomic mass is 16.5. The van der Waals surface area contributed by atoms with Gasteiger partial charge in [-0.15, -0.1) is 0 Å². The summed E-state index contributed by atoms with van der Waals surface area (Å²) < 4.78 is 4.70. The Morgan fingerprint density at radius 2 is 2.12 bits per heavy atom. The van der Waals surface area contributed by atoms with Crippen LogP contribution in [0.3, 0.4) is 0 Å². The van der Waals surface area contributed by atoms with E-state index in [0.717, 1.165) is 22.2 Å². The lowest BCUT2D eigenvalue weighted by atomic mass is 10.0. The molecule has 0 unspecified atom stereocenters. The third-order valence-electron chi connectivity index (χ3n) is 4.42. The molecule has 3 heterocycles. The monoisotopic (exact) mass is 324 g/mol. The number of carbonyl (C=O) groups excluding carboxylic acids is 2. The van der Waals surface area contributed by atoms with E-state index in [0.29, 0.717) is 19.6 Å². The molecule has 0 radical (unpaired) electrons. The van der Waals surface area contributed by atoms with Crippen LogP contribution in [0.15, 0.2) is 35.4 Å². The molecule has 1 N–H and O–H groups in total. The van der Waals surface area contributed by atoms with E-state index in [-0.39, 0.29) is 11.6 Å². The first-order chi connectivity index (χ1) is 11.7. The molecule has 2 aliphatic heterocycles. The summed E-state index contributed by atoms with van der Waals surface area (Å²) in [6.45, 7) is 1.26. The average molecular weight is 324 g/mol. The number of amides is 1. The van der Waals surface area contributed by atoms with Gasteiger partial charge in [0.15, 0.2) is 5.71 Å². The molecule has 1 amide bonds. The highest BCUT2D eigenvalue weighted by molar-refractivity contribution is 6.41. The number of rotatable bonds is 2. The van der Waals surface area contributed by atoms with Crippen LogP contribution in [0.1, 0.15) is 11.3 Å². The number of methoxy groups -OCH3 is 1. The largest absolute Gasteiger partial charge is 0.464 e. The van der Waals surface area contributed by atoms with Crippen LogP contribution in [-0.4, -0.2) is 41.1 Å². The second-order valence-corrected chi connectivity index (χ2v) is 5.88. The molecule has 7 nitrogen and oxygen atoms in total. The Balaban J connectivity index is 1.58. The predicted molar refractivity (Wildman–Crippen MR) is 86.9 cm³/mol. The molecule has 2 aromatic rings. The molecule has 122 valence electrons. The zero-order chi connectivity index (χ0) is 16.7. The van der Waals surface area contributed by atoms with Crippen molar-refractivity contribution in [3.05, 3.63) is 41.6 Å². The standard InChI is InChI=1S/C17H16N4O3/c1-24-17(23)15-12(7-18-20-15)16(22)21-8-11-6-10-4-2-3-5-13(10)19-14(11)9-21/h2-6,12,18H,7-9H2,1H3/t12-/m1/s1. The second kappa shape index (κ2) is 5.59. The molecule has 1 atom stereocenters. The van der Waals surface area contributed by atoms with E-state index in [1.807, 2.05) is 24.3 Å². The van der Waals surface area contributed by atoms with Crippen LogP contribution < -0.4 is 5.43 Å². The van der Waals surface area contributed by atoms with Crippen molar-refractivity contribution in [1.29, 1.82) is 0 Å². The van der Waals surface area contributed by atoms with Crippen LogP contribution in [0.2, 0.25) is 0 Å². The molecule has 7 heteroatoms. The number of hydrazone groups is 1. The van der Waals surface area contributed by atoms with Crippen LogP contribution in [0, 0.1) is 5.92 Å². The van der Waals surface area contributed by atoms with Crippen LogP contribution in [-0.2, 0) is 27.4 Å². The molecule has 1 aromatic carbocycles. The zero-order valence-electron chi connectivity index (χ0n) is 13.2. The van der Waals surface area contributed by atoms with Gasteiger partial charge in [-0.3, -0.25) is 9.78 Å². The number of esters is 1. The fourth-order valence-corrected chi connectivity index (χ4v) is 3.19. The predicted octanol–water partition coefficient (Wildman–Crippen LogP) is 0.825. The first-order valence-corrected chi connectivity index (χ1v) is 7.72. The second-order valence-electron chi connectivity index (χ2n) is 5.88. The molecular weight excluding hydrogens is 308 g/mol. The maximum absolute atomic E-state index is 12.8. The minimum atomic E-state index is -0.610. The first kappa shape index (κ1) is 14.6. The van der Waals surface area contributed by atoms with E-state index in [1.54, 1.807) is 4.90 Å². The summed E-state index contributed by atoms with van der Waals surface area (Å²) in [4.78, 5) is 30.9. The topological polar surface area (TPSA) is 83.9 Å². The Morgan fingerprint density at radius 1 is 1.29 bits per heavy atom. The van der Waals surface area contributed by atoms with Gasteiger partial charge in [0.1, 0.15) is 5.92 Å². The molecule has 2 aliphatic rings. The van der Waals surface area contributed by atoms with Gasteiger partial charge in [0.2, 0.25) is 5.91 Å². The molecular formula is C17H16N4O3. The smallest absolute Gasteiger partial charge is 0.355 e. The summed E-state index contributed by atoms with van der Waals surface area (Å²) in [5, 5.41) is 4.96. The number of benzene rings is 1. The van der Waals surface area contributed by atoms with Gasteiger partial charge in [-0.2, -0.15) is 5.10 Å². The van der Waals surface area contributed by atoms with Crippen molar-refractivity contribution in [2.75, 3.05) is 13.7 Å². The van der Waals surface area contributed by atoms with Crippen molar-refractivity contribution < 1.29 is 14.3 Å². The van der Waals surface area contributed by atoms with Crippen LogP contribution in [0.4, 0.5) is 0 Å². The van der Waals surface area contributed by atoms with Gasteiger partial charge in [0.05, 0.1) is 31.4 Å². The van der Waals surface area contributed by atoms with E-state index >= 15 is 0 Å². The Morgan fingerprint density at radius 3 is 2.96 bits per heavy atom. The van der Waals surface area contributed by atoms with Crippen LogP contribution >= 0.6 is 0 Å². The number of hydrogen-bond donors (Lipinski definition) is 1. The number of fused-ring (bicyclic) bond motifs is 2. The molecule has 0 fully saturated rings. The number of nitrogens with zero attached hydrogens (tertiary/aromatic N) is 3. The van der Waals surface area contributed by atoms with Crippen LogP contribution in [0.5, 0.6) is 0 Å². The lowest BCUT2D eigenvalue weighted by Gasteiger charge is -2.19. The fraction of sp³-hybridized carbons (Fsp3) is 0.294. The minimum Gasteiger partial charge on any atom is -0.464 e. The van der Waals surface area contributed by atoms with Crippen molar-refractivity contribution in [2.45, 2.75) is 13.1 Å². The highest BCUT2D eigenvalue weighted by Crippen LogP contribution is 2.27. The van der Waals surface area contributed by atoms with Gasteiger partial charge >= 0.3 is 5.97 Å². The van der Waals surface area contributed by atoms with E-state index < -0.39 is 11.9 Å². The molecule has 0 saturated heterocycles. The molecule has 24 heavy (non-hydrogen) atoms. The highest BCUT2D eigenvalue weighted by Gasteiger charge is 2.38. The summed E-state index contributed by atoms with van der Waals surface area (Å²) in [5.74, 6) is -1.31. The van der Waals surface area contributed by atoms with Crippen molar-refractivity contribution in [3.8, 4) is 0 Å². The molecule has 1 aromatic heterocycles. The van der Waals surface area contributed by atoms with Gasteiger partial charge in [-0.05, 0) is 17.7 Å². The van der Waals surface area contributed by atoms with Crippen LogP contribution in [0.25, 0.3) is 10.9 Å². The third kappa shape index (κ3) is 2.29. The Kier molecular flexibility index (Phi) is 3.41. The minimum absolute atomic E-state index is 0.133. The summed E-state index contributed by atoms with van der Waals surface area (Å²) in [6.07, 6.45) is 0. The first-order valence-electron chi connectivity index (χ1n) is 7.72. The summed E-state index contributed by atoms with van der Waals surface area (Å²) in [6, 6.07) is 9.96. The lowest BCUT2D eigenvalue weighted by Crippen LogP contribution is -2.39. The van der Waals surface area contributed by atoms with E-state index in [2.05, 4.69) is 21.6 Å². The molecule has 0 bridgehead atoms. The lowest BCUT2D eigenvalue weighted by molar-refractivity contribution is -0.137. The fourth-order valence-electron chi connectivity index (χ4n) is 3.19. The number of pyridine rings is 1. The molecule has 0 aliphatic carbocycles.